The standard InChI is InChI=1S/C28H32N2O4/c1-20(30-18-27(33)24-11-12-26(32)25(17-24)19-31)15-22-7-9-23(10-8-22)16-28(34)29-14-13-21-5-3-2-4-6-21/h2-12,17,20,30-32H,13-16,18-19H2,1H3,(H,29,34)/t20-/m1/s1. The lowest BCUT2D eigenvalue weighted by molar-refractivity contribution is -0.120. The Bertz CT molecular complexity index is 1080. The van der Waals surface area contributed by atoms with Crippen molar-refractivity contribution < 1.29 is 19.8 Å². The lowest BCUT2D eigenvalue weighted by atomic mass is 10.0. The Morgan fingerprint density at radius 1 is 0.912 bits per heavy atom. The highest BCUT2D eigenvalue weighted by molar-refractivity contribution is 5.98. The molecule has 178 valence electrons. The smallest absolute Gasteiger partial charge is 0.224 e. The van der Waals surface area contributed by atoms with Crippen LogP contribution in [0.2, 0.25) is 0 Å². The first kappa shape index (κ1) is 25.1. The minimum absolute atomic E-state index is 0.0100. The zero-order valence-corrected chi connectivity index (χ0v) is 19.5. The van der Waals surface area contributed by atoms with E-state index in [1.165, 1.54) is 17.7 Å². The number of phenols is 1. The maximum Gasteiger partial charge on any atom is 0.224 e. The molecule has 4 N–H and O–H groups in total. The number of nitrogens with one attached hydrogen (secondary N) is 2. The number of rotatable bonds is 12. The highest BCUT2D eigenvalue weighted by Gasteiger charge is 2.11. The molecular weight excluding hydrogens is 428 g/mol. The molecule has 3 rings (SSSR count). The van der Waals surface area contributed by atoms with Crippen LogP contribution in [0, 0.1) is 0 Å². The predicted molar refractivity (Wildman–Crippen MR) is 133 cm³/mol. The van der Waals surface area contributed by atoms with Crippen molar-refractivity contribution >= 4 is 11.7 Å². The van der Waals surface area contributed by atoms with E-state index in [0.717, 1.165) is 24.0 Å². The minimum atomic E-state index is -0.317. The number of Topliss-reactive ketones (excluding diaryl/α,β-unsaturated/α-hetero) is 1. The zero-order valence-electron chi connectivity index (χ0n) is 19.5. The quantitative estimate of drug-likeness (QED) is 0.311. The van der Waals surface area contributed by atoms with E-state index < -0.39 is 0 Å². The van der Waals surface area contributed by atoms with Gasteiger partial charge in [-0.25, -0.2) is 0 Å². The molecule has 3 aromatic carbocycles. The first-order valence-electron chi connectivity index (χ1n) is 11.5. The van der Waals surface area contributed by atoms with Crippen molar-refractivity contribution in [3.05, 3.63) is 101 Å². The van der Waals surface area contributed by atoms with Crippen LogP contribution in [-0.2, 0) is 30.7 Å². The summed E-state index contributed by atoms with van der Waals surface area (Å²) >= 11 is 0. The number of aliphatic hydroxyl groups excluding tert-OH is 1. The van der Waals surface area contributed by atoms with E-state index in [9.17, 15) is 19.8 Å². The zero-order chi connectivity index (χ0) is 24.3. The van der Waals surface area contributed by atoms with Crippen molar-refractivity contribution in [2.75, 3.05) is 13.1 Å². The van der Waals surface area contributed by atoms with Gasteiger partial charge in [0.25, 0.3) is 0 Å². The topological polar surface area (TPSA) is 98.7 Å². The lowest BCUT2D eigenvalue weighted by Crippen LogP contribution is -2.33. The minimum Gasteiger partial charge on any atom is -0.508 e. The second-order valence-corrected chi connectivity index (χ2v) is 8.49. The number of ketones is 1. The summed E-state index contributed by atoms with van der Waals surface area (Å²) in [6.45, 7) is 2.48. The number of amides is 1. The molecule has 0 aliphatic carbocycles. The van der Waals surface area contributed by atoms with Crippen LogP contribution in [0.15, 0.2) is 72.8 Å². The van der Waals surface area contributed by atoms with Crippen molar-refractivity contribution in [3.8, 4) is 5.75 Å². The van der Waals surface area contributed by atoms with Crippen molar-refractivity contribution in [2.45, 2.75) is 38.8 Å². The van der Waals surface area contributed by atoms with Gasteiger partial charge in [0.2, 0.25) is 5.91 Å². The van der Waals surface area contributed by atoms with Crippen LogP contribution in [0.1, 0.15) is 39.5 Å². The average Bonchev–Trinajstić information content (AvgIpc) is 2.84. The molecule has 1 amide bonds. The summed E-state index contributed by atoms with van der Waals surface area (Å²) in [4.78, 5) is 24.6. The van der Waals surface area contributed by atoms with E-state index in [2.05, 4.69) is 22.8 Å². The SMILES string of the molecule is C[C@H](Cc1ccc(CC(=O)NCCc2ccccc2)cc1)NCC(=O)c1ccc(O)c(CO)c1. The molecule has 0 saturated carbocycles. The Morgan fingerprint density at radius 3 is 2.32 bits per heavy atom. The van der Waals surface area contributed by atoms with Crippen molar-refractivity contribution in [1.82, 2.24) is 10.6 Å². The molecule has 0 heterocycles. The fourth-order valence-electron chi connectivity index (χ4n) is 3.71. The van der Waals surface area contributed by atoms with Gasteiger partial charge in [-0.2, -0.15) is 0 Å². The molecule has 0 unspecified atom stereocenters. The summed E-state index contributed by atoms with van der Waals surface area (Å²) in [5, 5.41) is 25.1. The van der Waals surface area contributed by atoms with Gasteiger partial charge < -0.3 is 20.8 Å². The van der Waals surface area contributed by atoms with E-state index in [0.29, 0.717) is 24.1 Å². The summed E-state index contributed by atoms with van der Waals surface area (Å²) in [6, 6.07) is 22.6. The third-order valence-corrected chi connectivity index (χ3v) is 5.69. The van der Waals surface area contributed by atoms with Gasteiger partial charge in [0, 0.05) is 23.7 Å². The monoisotopic (exact) mass is 460 g/mol. The summed E-state index contributed by atoms with van der Waals surface area (Å²) in [5.74, 6) is -0.112. The summed E-state index contributed by atoms with van der Waals surface area (Å²) in [7, 11) is 0. The molecule has 3 aromatic rings. The maximum absolute atomic E-state index is 12.4. The third kappa shape index (κ3) is 7.83. The number of benzene rings is 3. The number of carbonyl (C=O) groups excluding carboxylic acids is 2. The molecule has 0 aliphatic heterocycles. The third-order valence-electron chi connectivity index (χ3n) is 5.69. The fourth-order valence-corrected chi connectivity index (χ4v) is 3.71. The molecule has 0 bridgehead atoms. The number of aliphatic hydroxyl groups is 1. The van der Waals surface area contributed by atoms with Gasteiger partial charge in [-0.1, -0.05) is 54.6 Å². The Labute approximate surface area is 200 Å². The Balaban J connectivity index is 1.40. The van der Waals surface area contributed by atoms with Crippen LogP contribution in [-0.4, -0.2) is 41.0 Å². The molecule has 0 fully saturated rings. The average molecular weight is 461 g/mol. The normalized spacial score (nSPS) is 11.7. The van der Waals surface area contributed by atoms with Gasteiger partial charge in [0.05, 0.1) is 19.6 Å². The van der Waals surface area contributed by atoms with Crippen molar-refractivity contribution in [2.24, 2.45) is 0 Å². The Hall–Kier alpha value is -3.48. The summed E-state index contributed by atoms with van der Waals surface area (Å²) < 4.78 is 0. The highest BCUT2D eigenvalue weighted by atomic mass is 16.3. The van der Waals surface area contributed by atoms with Gasteiger partial charge in [0.15, 0.2) is 5.78 Å². The summed E-state index contributed by atoms with van der Waals surface area (Å²) in [5.41, 5.74) is 4.07. The van der Waals surface area contributed by atoms with Gasteiger partial charge in [-0.3, -0.25) is 9.59 Å². The Morgan fingerprint density at radius 2 is 1.62 bits per heavy atom. The number of carbonyl (C=O) groups is 2. The molecule has 0 radical (unpaired) electrons. The lowest BCUT2D eigenvalue weighted by Gasteiger charge is -2.14. The first-order chi connectivity index (χ1) is 16.4. The highest BCUT2D eigenvalue weighted by Crippen LogP contribution is 2.18. The molecule has 34 heavy (non-hydrogen) atoms. The number of hydrogen-bond acceptors (Lipinski definition) is 5. The molecule has 0 aliphatic rings. The number of aromatic hydroxyl groups is 1. The largest absolute Gasteiger partial charge is 0.508 e. The van der Waals surface area contributed by atoms with Crippen LogP contribution in [0.4, 0.5) is 0 Å². The molecule has 0 aromatic heterocycles. The molecule has 6 heteroatoms. The van der Waals surface area contributed by atoms with Crippen LogP contribution < -0.4 is 10.6 Å². The van der Waals surface area contributed by atoms with Gasteiger partial charge in [0.1, 0.15) is 5.75 Å². The number of hydrogen-bond donors (Lipinski definition) is 4. The van der Waals surface area contributed by atoms with Crippen LogP contribution in [0.3, 0.4) is 0 Å². The van der Waals surface area contributed by atoms with Crippen molar-refractivity contribution in [1.29, 1.82) is 0 Å². The first-order valence-corrected chi connectivity index (χ1v) is 11.5. The maximum atomic E-state index is 12.4. The van der Waals surface area contributed by atoms with E-state index in [1.807, 2.05) is 49.4 Å². The fraction of sp³-hybridized carbons (Fsp3) is 0.286. The van der Waals surface area contributed by atoms with E-state index >= 15 is 0 Å². The predicted octanol–water partition coefficient (Wildman–Crippen LogP) is 3.19. The van der Waals surface area contributed by atoms with Gasteiger partial charge in [-0.15, -0.1) is 0 Å². The van der Waals surface area contributed by atoms with Gasteiger partial charge in [-0.05, 0) is 54.7 Å². The summed E-state index contributed by atoms with van der Waals surface area (Å²) in [6.07, 6.45) is 1.91. The molecule has 0 spiro atoms. The molecule has 1 atom stereocenters. The Kier molecular flexibility index (Phi) is 9.38. The van der Waals surface area contributed by atoms with E-state index in [4.69, 9.17) is 0 Å². The van der Waals surface area contributed by atoms with Gasteiger partial charge >= 0.3 is 0 Å². The molecular formula is C28H32N2O4. The van der Waals surface area contributed by atoms with Crippen LogP contribution in [0.25, 0.3) is 0 Å². The molecule has 0 saturated heterocycles. The second kappa shape index (κ2) is 12.7. The molecule has 6 nitrogen and oxygen atoms in total. The van der Waals surface area contributed by atoms with E-state index in [1.54, 1.807) is 6.07 Å². The van der Waals surface area contributed by atoms with Crippen molar-refractivity contribution in [3.63, 3.8) is 0 Å². The van der Waals surface area contributed by atoms with E-state index in [-0.39, 0.29) is 36.6 Å². The van der Waals surface area contributed by atoms with Crippen LogP contribution in [0.5, 0.6) is 5.75 Å². The van der Waals surface area contributed by atoms with Crippen LogP contribution >= 0.6 is 0 Å². The second-order valence-electron chi connectivity index (χ2n) is 8.49.